The predicted molar refractivity (Wildman–Crippen MR) is 94.0 cm³/mol. The molecule has 0 aliphatic carbocycles. The highest BCUT2D eigenvalue weighted by atomic mass is 19.1. The van der Waals surface area contributed by atoms with Crippen molar-refractivity contribution >= 4 is 11.8 Å². The van der Waals surface area contributed by atoms with E-state index >= 15 is 0 Å². The molecule has 3 heterocycles. The summed E-state index contributed by atoms with van der Waals surface area (Å²) in [5.74, 6) is -1.01. The Morgan fingerprint density at radius 1 is 1.19 bits per heavy atom. The molecule has 6 heteroatoms. The van der Waals surface area contributed by atoms with Crippen LogP contribution in [0.4, 0.5) is 4.39 Å². The highest BCUT2D eigenvalue weighted by Gasteiger charge is 2.46. The van der Waals surface area contributed by atoms with E-state index in [1.807, 2.05) is 30.3 Å². The number of likely N-dealkylation sites (tertiary alicyclic amines) is 1. The van der Waals surface area contributed by atoms with Crippen molar-refractivity contribution < 1.29 is 14.0 Å². The van der Waals surface area contributed by atoms with Gasteiger partial charge in [-0.2, -0.15) is 0 Å². The van der Waals surface area contributed by atoms with Crippen LogP contribution in [0, 0.1) is 5.82 Å². The number of hydrogen-bond acceptors (Lipinski definition) is 3. The number of hydrogen-bond donors (Lipinski definition) is 1. The number of nitrogens with one attached hydrogen (secondary N) is 1. The van der Waals surface area contributed by atoms with Crippen molar-refractivity contribution in [1.82, 2.24) is 15.2 Å². The Labute approximate surface area is 151 Å². The van der Waals surface area contributed by atoms with Crippen molar-refractivity contribution in [3.63, 3.8) is 0 Å². The third-order valence-electron chi connectivity index (χ3n) is 5.51. The largest absolute Gasteiger partial charge is 0.350 e. The summed E-state index contributed by atoms with van der Waals surface area (Å²) >= 11 is 0. The number of pyridine rings is 1. The number of aromatic nitrogens is 1. The van der Waals surface area contributed by atoms with Crippen LogP contribution in [0.3, 0.4) is 0 Å². The van der Waals surface area contributed by atoms with Crippen LogP contribution in [0.5, 0.6) is 0 Å². The van der Waals surface area contributed by atoms with Gasteiger partial charge < -0.3 is 10.2 Å². The van der Waals surface area contributed by atoms with Crippen LogP contribution >= 0.6 is 0 Å². The van der Waals surface area contributed by atoms with E-state index in [1.165, 1.54) is 12.3 Å². The molecule has 2 saturated heterocycles. The van der Waals surface area contributed by atoms with Gasteiger partial charge in [0.2, 0.25) is 5.91 Å². The van der Waals surface area contributed by atoms with E-state index in [1.54, 1.807) is 4.90 Å². The summed E-state index contributed by atoms with van der Waals surface area (Å²) < 4.78 is 13.8. The minimum Gasteiger partial charge on any atom is -0.350 e. The van der Waals surface area contributed by atoms with Gasteiger partial charge in [0.05, 0.1) is 17.7 Å². The van der Waals surface area contributed by atoms with Gasteiger partial charge in [0, 0.05) is 24.8 Å². The first-order valence-corrected chi connectivity index (χ1v) is 8.84. The number of amides is 2. The Morgan fingerprint density at radius 3 is 2.62 bits per heavy atom. The van der Waals surface area contributed by atoms with Crippen molar-refractivity contribution in [2.75, 3.05) is 13.1 Å². The van der Waals surface area contributed by atoms with E-state index in [4.69, 9.17) is 0 Å². The lowest BCUT2D eigenvalue weighted by Gasteiger charge is -2.39. The summed E-state index contributed by atoms with van der Waals surface area (Å²) in [6.07, 6.45) is 4.58. The van der Waals surface area contributed by atoms with E-state index in [0.717, 1.165) is 18.2 Å². The molecule has 134 valence electrons. The second-order valence-corrected chi connectivity index (χ2v) is 7.08. The molecule has 1 N–H and O–H groups in total. The van der Waals surface area contributed by atoms with Crippen LogP contribution in [0.1, 0.15) is 41.1 Å². The fourth-order valence-corrected chi connectivity index (χ4v) is 4.02. The molecule has 0 bridgehead atoms. The molecule has 1 unspecified atom stereocenters. The molecule has 2 aromatic rings. The molecule has 5 nitrogen and oxygen atoms in total. The van der Waals surface area contributed by atoms with Gasteiger partial charge in [-0.25, -0.2) is 4.39 Å². The minimum absolute atomic E-state index is 0.0496. The average molecular weight is 353 g/mol. The Morgan fingerprint density at radius 2 is 1.92 bits per heavy atom. The topological polar surface area (TPSA) is 62.3 Å². The van der Waals surface area contributed by atoms with Gasteiger partial charge in [-0.05, 0) is 30.9 Å². The van der Waals surface area contributed by atoms with Crippen LogP contribution in [0.25, 0.3) is 0 Å². The van der Waals surface area contributed by atoms with Crippen molar-refractivity contribution in [2.45, 2.75) is 30.7 Å². The van der Waals surface area contributed by atoms with Crippen molar-refractivity contribution in [3.05, 3.63) is 65.7 Å². The summed E-state index contributed by atoms with van der Waals surface area (Å²) in [6.45, 7) is 1.00. The fourth-order valence-electron chi connectivity index (χ4n) is 4.02. The van der Waals surface area contributed by atoms with Crippen molar-refractivity contribution in [3.8, 4) is 0 Å². The van der Waals surface area contributed by atoms with Crippen molar-refractivity contribution in [1.29, 1.82) is 0 Å². The number of halogens is 1. The zero-order valence-electron chi connectivity index (χ0n) is 14.3. The molecule has 2 aliphatic heterocycles. The Bertz CT molecular complexity index is 832. The Hall–Kier alpha value is -2.76. The number of carbonyl (C=O) groups is 2. The van der Waals surface area contributed by atoms with E-state index in [2.05, 4.69) is 10.3 Å². The maximum absolute atomic E-state index is 13.8. The first kappa shape index (κ1) is 16.7. The third-order valence-corrected chi connectivity index (χ3v) is 5.51. The zero-order chi connectivity index (χ0) is 18.1. The maximum Gasteiger partial charge on any atom is 0.256 e. The molecule has 2 aliphatic rings. The summed E-state index contributed by atoms with van der Waals surface area (Å²) in [6, 6.07) is 11.2. The molecule has 2 amide bonds. The van der Waals surface area contributed by atoms with Gasteiger partial charge in [0.15, 0.2) is 5.82 Å². The number of piperidine rings is 1. The van der Waals surface area contributed by atoms with Gasteiger partial charge in [-0.3, -0.25) is 14.6 Å². The summed E-state index contributed by atoms with van der Waals surface area (Å²) in [5.41, 5.74) is 0.804. The number of carbonyl (C=O) groups excluding carboxylic acids is 2. The minimum atomic E-state index is -0.601. The zero-order valence-corrected chi connectivity index (χ0v) is 14.3. The van der Waals surface area contributed by atoms with E-state index < -0.39 is 5.82 Å². The molecule has 0 saturated carbocycles. The van der Waals surface area contributed by atoms with Crippen LogP contribution in [-0.2, 0) is 4.79 Å². The lowest BCUT2D eigenvalue weighted by Crippen LogP contribution is -2.52. The molecule has 1 aromatic carbocycles. The molecule has 1 atom stereocenters. The molecule has 2 fully saturated rings. The van der Waals surface area contributed by atoms with Crippen LogP contribution in [0.15, 0.2) is 48.8 Å². The number of nitrogens with zero attached hydrogens (tertiary/aromatic N) is 2. The third kappa shape index (κ3) is 2.96. The van der Waals surface area contributed by atoms with E-state index in [-0.39, 0.29) is 28.8 Å². The first-order valence-electron chi connectivity index (χ1n) is 8.84. The molecule has 1 aromatic heterocycles. The second-order valence-electron chi connectivity index (χ2n) is 7.08. The molecule has 0 radical (unpaired) electrons. The number of benzene rings is 1. The second kappa shape index (κ2) is 6.52. The van der Waals surface area contributed by atoms with Crippen molar-refractivity contribution in [2.24, 2.45) is 0 Å². The molecule has 4 rings (SSSR count). The fraction of sp³-hybridized carbons (Fsp3) is 0.350. The van der Waals surface area contributed by atoms with Crippen LogP contribution in [-0.4, -0.2) is 40.3 Å². The highest BCUT2D eigenvalue weighted by Crippen LogP contribution is 2.39. The van der Waals surface area contributed by atoms with Gasteiger partial charge in [-0.1, -0.05) is 30.3 Å². The number of rotatable bonds is 2. The maximum atomic E-state index is 13.8. The Balaban J connectivity index is 1.45. The summed E-state index contributed by atoms with van der Waals surface area (Å²) in [5, 5.41) is 3.17. The normalized spacial score (nSPS) is 21.7. The predicted octanol–water partition coefficient (Wildman–Crippen LogP) is 2.50. The molecular weight excluding hydrogens is 333 g/mol. The molecule has 1 spiro atoms. The summed E-state index contributed by atoms with van der Waals surface area (Å²) in [7, 11) is 0. The molecular formula is C20H20FN3O2. The van der Waals surface area contributed by atoms with E-state index in [0.29, 0.717) is 25.9 Å². The lowest BCUT2D eigenvalue weighted by atomic mass is 9.82. The molecule has 26 heavy (non-hydrogen) atoms. The Kier molecular flexibility index (Phi) is 4.18. The van der Waals surface area contributed by atoms with Gasteiger partial charge in [0.1, 0.15) is 0 Å². The van der Waals surface area contributed by atoms with Gasteiger partial charge in [-0.15, -0.1) is 0 Å². The quantitative estimate of drug-likeness (QED) is 0.902. The van der Waals surface area contributed by atoms with Crippen LogP contribution in [0.2, 0.25) is 0 Å². The van der Waals surface area contributed by atoms with Gasteiger partial charge >= 0.3 is 0 Å². The lowest BCUT2D eigenvalue weighted by molar-refractivity contribution is -0.121. The van der Waals surface area contributed by atoms with Crippen LogP contribution < -0.4 is 5.32 Å². The first-order chi connectivity index (χ1) is 12.6. The standard InChI is InChI=1S/C20H20FN3O2/c21-17-13-22-9-6-15(17)19(26)24-10-7-20(8-11-24)12-16(18(25)23-20)14-4-2-1-3-5-14/h1-6,9,13,16H,7-8,10-12H2,(H,23,25). The SMILES string of the molecule is O=C1NC2(CCN(C(=O)c3ccncc3F)CC2)CC1c1ccccc1. The monoisotopic (exact) mass is 353 g/mol. The van der Waals surface area contributed by atoms with E-state index in [9.17, 15) is 14.0 Å². The highest BCUT2D eigenvalue weighted by molar-refractivity contribution is 5.94. The summed E-state index contributed by atoms with van der Waals surface area (Å²) in [4.78, 5) is 30.4. The average Bonchev–Trinajstić information content (AvgIpc) is 2.99. The van der Waals surface area contributed by atoms with Gasteiger partial charge in [0.25, 0.3) is 5.91 Å². The smallest absolute Gasteiger partial charge is 0.256 e.